The fourth-order valence-electron chi connectivity index (χ4n) is 2.35. The number of amides is 1. The van der Waals surface area contributed by atoms with Crippen LogP contribution in [0, 0.1) is 0 Å². The number of benzene rings is 2. The Morgan fingerprint density at radius 2 is 2.00 bits per heavy atom. The summed E-state index contributed by atoms with van der Waals surface area (Å²) in [6, 6.07) is 13.8. The van der Waals surface area contributed by atoms with Crippen LogP contribution in [0.2, 0.25) is 5.02 Å². The lowest BCUT2D eigenvalue weighted by Crippen LogP contribution is -2.32. The first-order valence-electron chi connectivity index (χ1n) is 7.23. The van der Waals surface area contributed by atoms with Crippen molar-refractivity contribution in [1.82, 2.24) is 15.3 Å². The zero-order valence-electron chi connectivity index (χ0n) is 12.5. The third kappa shape index (κ3) is 3.36. The number of aliphatic hydroxyl groups is 1. The van der Waals surface area contributed by atoms with Gasteiger partial charge in [0.2, 0.25) is 0 Å². The number of hydrogen-bond acceptors (Lipinski definition) is 3. The first-order valence-corrected chi connectivity index (χ1v) is 7.61. The van der Waals surface area contributed by atoms with Gasteiger partial charge in [-0.15, -0.1) is 0 Å². The van der Waals surface area contributed by atoms with E-state index in [9.17, 15) is 9.90 Å². The van der Waals surface area contributed by atoms with Crippen molar-refractivity contribution < 1.29 is 9.90 Å². The van der Waals surface area contributed by atoms with Crippen LogP contribution in [0.3, 0.4) is 0 Å². The average Bonchev–Trinajstić information content (AvgIpc) is 2.98. The Kier molecular flexibility index (Phi) is 4.32. The Labute approximate surface area is 138 Å². The molecule has 1 heterocycles. The first kappa shape index (κ1) is 15.5. The van der Waals surface area contributed by atoms with Crippen LogP contribution in [0.1, 0.15) is 30.5 Å². The third-order valence-electron chi connectivity index (χ3n) is 3.59. The van der Waals surface area contributed by atoms with Crippen LogP contribution in [-0.2, 0) is 4.79 Å². The minimum absolute atomic E-state index is 0.368. The normalized spacial score (nSPS) is 13.7. The van der Waals surface area contributed by atoms with Crippen molar-refractivity contribution in [3.05, 3.63) is 64.9 Å². The van der Waals surface area contributed by atoms with Gasteiger partial charge in [0.25, 0.3) is 5.91 Å². The number of imidazole rings is 1. The topological polar surface area (TPSA) is 78.0 Å². The van der Waals surface area contributed by atoms with E-state index < -0.39 is 12.0 Å². The smallest absolute Gasteiger partial charge is 0.254 e. The largest absolute Gasteiger partial charge is 0.378 e. The van der Waals surface area contributed by atoms with E-state index in [1.165, 1.54) is 0 Å². The van der Waals surface area contributed by atoms with Gasteiger partial charge in [-0.3, -0.25) is 4.79 Å². The van der Waals surface area contributed by atoms with Gasteiger partial charge in [-0.05, 0) is 30.7 Å². The van der Waals surface area contributed by atoms with Crippen LogP contribution in [-0.4, -0.2) is 21.0 Å². The maximum Gasteiger partial charge on any atom is 0.254 e. The van der Waals surface area contributed by atoms with Gasteiger partial charge >= 0.3 is 0 Å². The van der Waals surface area contributed by atoms with Crippen molar-refractivity contribution in [2.45, 2.75) is 19.1 Å². The van der Waals surface area contributed by atoms with Crippen molar-refractivity contribution in [3.63, 3.8) is 0 Å². The molecule has 0 aliphatic carbocycles. The molecule has 0 fully saturated rings. The van der Waals surface area contributed by atoms with Gasteiger partial charge < -0.3 is 15.4 Å². The second kappa shape index (κ2) is 6.40. The van der Waals surface area contributed by atoms with E-state index in [1.807, 2.05) is 12.1 Å². The molecule has 0 aliphatic rings. The molecule has 6 heteroatoms. The molecule has 5 nitrogen and oxygen atoms in total. The van der Waals surface area contributed by atoms with E-state index in [2.05, 4.69) is 15.3 Å². The summed E-state index contributed by atoms with van der Waals surface area (Å²) >= 11 is 5.95. The summed E-state index contributed by atoms with van der Waals surface area (Å²) in [7, 11) is 0. The monoisotopic (exact) mass is 329 g/mol. The Bertz CT molecular complexity index is 832. The number of aromatic nitrogens is 2. The standard InChI is InChI=1S/C17H16ClN3O2/c1-10(16-20-13-8-7-12(18)9-14(13)21-16)19-17(23)15(22)11-5-3-2-4-6-11/h2-10,15,22H,1H3,(H,19,23)(H,20,21)/t10-,15-/m1/s1. The molecule has 3 aromatic rings. The number of carbonyl (C=O) groups excluding carboxylic acids is 1. The zero-order valence-corrected chi connectivity index (χ0v) is 13.2. The molecule has 0 radical (unpaired) electrons. The van der Waals surface area contributed by atoms with Gasteiger partial charge in [-0.25, -0.2) is 4.98 Å². The number of aliphatic hydroxyl groups excluding tert-OH is 1. The van der Waals surface area contributed by atoms with Crippen LogP contribution in [0.15, 0.2) is 48.5 Å². The quantitative estimate of drug-likeness (QED) is 0.688. The van der Waals surface area contributed by atoms with E-state index in [1.54, 1.807) is 43.3 Å². The molecule has 1 amide bonds. The van der Waals surface area contributed by atoms with Gasteiger partial charge in [0, 0.05) is 5.02 Å². The van der Waals surface area contributed by atoms with Crippen molar-refractivity contribution in [2.75, 3.05) is 0 Å². The highest BCUT2D eigenvalue weighted by atomic mass is 35.5. The molecule has 3 rings (SSSR count). The highest BCUT2D eigenvalue weighted by Gasteiger charge is 2.20. The van der Waals surface area contributed by atoms with Crippen molar-refractivity contribution in [3.8, 4) is 0 Å². The average molecular weight is 330 g/mol. The van der Waals surface area contributed by atoms with Gasteiger partial charge in [0.1, 0.15) is 5.82 Å². The van der Waals surface area contributed by atoms with Crippen LogP contribution in [0.25, 0.3) is 11.0 Å². The minimum atomic E-state index is -1.21. The summed E-state index contributed by atoms with van der Waals surface area (Å²) in [5.74, 6) is 0.137. The van der Waals surface area contributed by atoms with Crippen molar-refractivity contribution in [2.24, 2.45) is 0 Å². The second-order valence-electron chi connectivity index (χ2n) is 5.33. The summed E-state index contributed by atoms with van der Waals surface area (Å²) in [5.41, 5.74) is 2.12. The predicted molar refractivity (Wildman–Crippen MR) is 89.1 cm³/mol. The highest BCUT2D eigenvalue weighted by Crippen LogP contribution is 2.20. The summed E-state index contributed by atoms with van der Waals surface area (Å²) in [6.45, 7) is 1.80. The second-order valence-corrected chi connectivity index (χ2v) is 5.76. The molecule has 0 saturated carbocycles. The fourth-order valence-corrected chi connectivity index (χ4v) is 2.53. The highest BCUT2D eigenvalue weighted by molar-refractivity contribution is 6.31. The maximum absolute atomic E-state index is 12.2. The number of nitrogens with one attached hydrogen (secondary N) is 2. The van der Waals surface area contributed by atoms with E-state index in [0.717, 1.165) is 11.0 Å². The molecule has 0 spiro atoms. The van der Waals surface area contributed by atoms with E-state index in [0.29, 0.717) is 16.4 Å². The number of hydrogen-bond donors (Lipinski definition) is 3. The van der Waals surface area contributed by atoms with Crippen molar-refractivity contribution in [1.29, 1.82) is 0 Å². The SMILES string of the molecule is C[C@@H](NC(=O)[C@H](O)c1ccccc1)c1nc2ccc(Cl)cc2[nH]1. The predicted octanol–water partition coefficient (Wildman–Crippen LogP) is 3.13. The number of nitrogens with zero attached hydrogens (tertiary/aromatic N) is 1. The van der Waals surface area contributed by atoms with Gasteiger partial charge in [0.15, 0.2) is 6.10 Å². The van der Waals surface area contributed by atoms with Gasteiger partial charge in [0.05, 0.1) is 17.1 Å². The molecule has 23 heavy (non-hydrogen) atoms. The molecule has 2 aromatic carbocycles. The fraction of sp³-hybridized carbons (Fsp3) is 0.176. The molecule has 2 atom stereocenters. The van der Waals surface area contributed by atoms with Crippen LogP contribution in [0.4, 0.5) is 0 Å². The molecule has 0 saturated heterocycles. The first-order chi connectivity index (χ1) is 11.0. The van der Waals surface area contributed by atoms with Crippen molar-refractivity contribution >= 4 is 28.5 Å². The van der Waals surface area contributed by atoms with Crippen LogP contribution >= 0.6 is 11.6 Å². The lowest BCUT2D eigenvalue weighted by Gasteiger charge is -2.15. The summed E-state index contributed by atoms with van der Waals surface area (Å²) < 4.78 is 0. The number of aromatic amines is 1. The Balaban J connectivity index is 1.74. The number of fused-ring (bicyclic) bond motifs is 1. The molecular formula is C17H16ClN3O2. The lowest BCUT2D eigenvalue weighted by atomic mass is 10.1. The van der Waals surface area contributed by atoms with Crippen LogP contribution < -0.4 is 5.32 Å². The third-order valence-corrected chi connectivity index (χ3v) is 3.83. The lowest BCUT2D eigenvalue weighted by molar-refractivity contribution is -0.130. The molecular weight excluding hydrogens is 314 g/mol. The van der Waals surface area contributed by atoms with E-state index in [4.69, 9.17) is 11.6 Å². The molecule has 3 N–H and O–H groups in total. The Morgan fingerprint density at radius 3 is 2.74 bits per heavy atom. The number of H-pyrrole nitrogens is 1. The minimum Gasteiger partial charge on any atom is -0.378 e. The van der Waals surface area contributed by atoms with E-state index >= 15 is 0 Å². The number of rotatable bonds is 4. The molecule has 0 unspecified atom stereocenters. The van der Waals surface area contributed by atoms with E-state index in [-0.39, 0.29) is 6.04 Å². The summed E-state index contributed by atoms with van der Waals surface area (Å²) in [5, 5.41) is 13.5. The zero-order chi connectivity index (χ0) is 16.4. The Hall–Kier alpha value is -2.37. The maximum atomic E-state index is 12.2. The number of carbonyl (C=O) groups is 1. The molecule has 1 aromatic heterocycles. The Morgan fingerprint density at radius 1 is 1.26 bits per heavy atom. The van der Waals surface area contributed by atoms with Gasteiger partial charge in [-0.2, -0.15) is 0 Å². The summed E-state index contributed by atoms with van der Waals surface area (Å²) in [4.78, 5) is 19.7. The molecule has 0 bridgehead atoms. The number of halogens is 1. The molecule has 0 aliphatic heterocycles. The summed E-state index contributed by atoms with van der Waals surface area (Å²) in [6.07, 6.45) is -1.21. The molecule has 118 valence electrons. The van der Waals surface area contributed by atoms with Crippen LogP contribution in [0.5, 0.6) is 0 Å². The van der Waals surface area contributed by atoms with Gasteiger partial charge in [-0.1, -0.05) is 41.9 Å².